The van der Waals surface area contributed by atoms with E-state index in [4.69, 9.17) is 0 Å². The molecule has 4 heteroatoms. The van der Waals surface area contributed by atoms with E-state index in [0.717, 1.165) is 12.8 Å². The highest BCUT2D eigenvalue weighted by atomic mass is 32.3. The maximum atomic E-state index is 12.7. The van der Waals surface area contributed by atoms with Gasteiger partial charge in [0.15, 0.2) is 0 Å². The lowest BCUT2D eigenvalue weighted by molar-refractivity contribution is 0.322. The Balaban J connectivity index is 2.28. The summed E-state index contributed by atoms with van der Waals surface area (Å²) in [5.41, 5.74) is 0. The molecule has 0 radical (unpaired) electrons. The standard InChI is InChI=1S/C8H11FO2S/c9-12(10,11)8-5-6-1-3-7(8)4-2-6/h1,3,6-8H,2,4-5H2. The van der Waals surface area contributed by atoms with Gasteiger partial charge in [-0.05, 0) is 31.1 Å². The van der Waals surface area contributed by atoms with E-state index in [9.17, 15) is 12.3 Å². The molecule has 0 N–H and O–H groups in total. The summed E-state index contributed by atoms with van der Waals surface area (Å²) in [5.74, 6) is 0.232. The minimum atomic E-state index is -4.31. The van der Waals surface area contributed by atoms with E-state index in [0.29, 0.717) is 12.3 Å². The number of halogens is 1. The number of hydrogen-bond acceptors (Lipinski definition) is 2. The Bertz CT molecular complexity index is 307. The predicted molar refractivity (Wildman–Crippen MR) is 43.8 cm³/mol. The Labute approximate surface area is 71.7 Å². The van der Waals surface area contributed by atoms with Crippen molar-refractivity contribution in [3.63, 3.8) is 0 Å². The Kier molecular flexibility index (Phi) is 1.75. The molecule has 1 fully saturated rings. The molecule has 3 aliphatic carbocycles. The van der Waals surface area contributed by atoms with Crippen molar-refractivity contribution in [2.24, 2.45) is 11.8 Å². The first kappa shape index (κ1) is 8.23. The first-order valence-electron chi connectivity index (χ1n) is 4.19. The summed E-state index contributed by atoms with van der Waals surface area (Å²) in [6.07, 6.45) is 6.22. The average Bonchev–Trinajstić information content (AvgIpc) is 2.05. The summed E-state index contributed by atoms with van der Waals surface area (Å²) in [6, 6.07) is 0. The molecule has 2 nitrogen and oxygen atoms in total. The molecule has 0 aliphatic heterocycles. The lowest BCUT2D eigenvalue weighted by Crippen LogP contribution is -2.35. The van der Waals surface area contributed by atoms with Gasteiger partial charge in [-0.2, -0.15) is 8.42 Å². The van der Waals surface area contributed by atoms with E-state index >= 15 is 0 Å². The fraction of sp³-hybridized carbons (Fsp3) is 0.750. The minimum Gasteiger partial charge on any atom is -0.195 e. The van der Waals surface area contributed by atoms with Gasteiger partial charge in [0.2, 0.25) is 0 Å². The van der Waals surface area contributed by atoms with Crippen LogP contribution in [0.3, 0.4) is 0 Å². The lowest BCUT2D eigenvalue weighted by Gasteiger charge is -2.35. The molecule has 0 aromatic rings. The molecular formula is C8H11FO2S. The highest BCUT2D eigenvalue weighted by Crippen LogP contribution is 2.39. The summed E-state index contributed by atoms with van der Waals surface area (Å²) < 4.78 is 34.0. The van der Waals surface area contributed by atoms with Gasteiger partial charge in [-0.1, -0.05) is 12.2 Å². The molecule has 2 bridgehead atoms. The van der Waals surface area contributed by atoms with Crippen LogP contribution >= 0.6 is 0 Å². The Morgan fingerprint density at radius 1 is 1.25 bits per heavy atom. The van der Waals surface area contributed by atoms with Crippen LogP contribution in [0.1, 0.15) is 19.3 Å². The van der Waals surface area contributed by atoms with Gasteiger partial charge in [-0.15, -0.1) is 3.89 Å². The molecule has 12 heavy (non-hydrogen) atoms. The van der Waals surface area contributed by atoms with E-state index in [1.54, 1.807) is 0 Å². The van der Waals surface area contributed by atoms with Crippen LogP contribution in [0.25, 0.3) is 0 Å². The van der Waals surface area contributed by atoms with Crippen molar-refractivity contribution in [3.05, 3.63) is 12.2 Å². The number of rotatable bonds is 1. The van der Waals surface area contributed by atoms with Gasteiger partial charge in [-0.25, -0.2) is 0 Å². The van der Waals surface area contributed by atoms with Crippen LogP contribution in [-0.2, 0) is 10.2 Å². The summed E-state index contributed by atoms with van der Waals surface area (Å²) in [7, 11) is -4.31. The molecule has 3 unspecified atom stereocenters. The molecule has 1 saturated carbocycles. The van der Waals surface area contributed by atoms with Crippen LogP contribution < -0.4 is 0 Å². The van der Waals surface area contributed by atoms with Gasteiger partial charge >= 0.3 is 10.2 Å². The zero-order valence-electron chi connectivity index (χ0n) is 6.61. The molecule has 0 heterocycles. The van der Waals surface area contributed by atoms with Gasteiger partial charge in [-0.3, -0.25) is 0 Å². The van der Waals surface area contributed by atoms with E-state index in [2.05, 4.69) is 0 Å². The predicted octanol–water partition coefficient (Wildman–Crippen LogP) is 1.64. The smallest absolute Gasteiger partial charge is 0.195 e. The van der Waals surface area contributed by atoms with Gasteiger partial charge in [0.1, 0.15) is 0 Å². The van der Waals surface area contributed by atoms with Gasteiger partial charge in [0.25, 0.3) is 0 Å². The second-order valence-corrected chi connectivity index (χ2v) is 5.19. The molecule has 3 rings (SSSR count). The molecular weight excluding hydrogens is 179 g/mol. The number of hydrogen-bond donors (Lipinski definition) is 0. The van der Waals surface area contributed by atoms with Crippen molar-refractivity contribution >= 4 is 10.2 Å². The SMILES string of the molecule is O=S(=O)(F)C1CC2C=CC1CC2. The first-order chi connectivity index (χ1) is 5.57. The second-order valence-electron chi connectivity index (χ2n) is 3.64. The highest BCUT2D eigenvalue weighted by Gasteiger charge is 2.39. The van der Waals surface area contributed by atoms with Crippen molar-refractivity contribution in [2.75, 3.05) is 0 Å². The van der Waals surface area contributed by atoms with Gasteiger partial charge < -0.3 is 0 Å². The quantitative estimate of drug-likeness (QED) is 0.465. The average molecular weight is 190 g/mol. The molecule has 0 saturated heterocycles. The van der Waals surface area contributed by atoms with Crippen molar-refractivity contribution in [3.8, 4) is 0 Å². The van der Waals surface area contributed by atoms with Crippen LogP contribution in [0, 0.1) is 11.8 Å². The third kappa shape index (κ3) is 1.28. The van der Waals surface area contributed by atoms with Gasteiger partial charge in [0.05, 0.1) is 5.25 Å². The first-order valence-corrected chi connectivity index (χ1v) is 5.64. The minimum absolute atomic E-state index is 0.0648. The van der Waals surface area contributed by atoms with E-state index < -0.39 is 15.5 Å². The molecule has 68 valence electrons. The molecule has 3 aliphatic rings. The Morgan fingerprint density at radius 3 is 2.25 bits per heavy atom. The summed E-state index contributed by atoms with van der Waals surface area (Å²) in [6.45, 7) is 0. The largest absolute Gasteiger partial charge is 0.305 e. The Morgan fingerprint density at radius 2 is 2.00 bits per heavy atom. The monoisotopic (exact) mass is 190 g/mol. The van der Waals surface area contributed by atoms with Crippen molar-refractivity contribution in [1.29, 1.82) is 0 Å². The zero-order valence-corrected chi connectivity index (χ0v) is 7.43. The molecule has 0 aromatic heterocycles. The van der Waals surface area contributed by atoms with Crippen LogP contribution in [-0.4, -0.2) is 13.7 Å². The highest BCUT2D eigenvalue weighted by molar-refractivity contribution is 7.87. The summed E-state index contributed by atoms with van der Waals surface area (Å²) >= 11 is 0. The van der Waals surface area contributed by atoms with Crippen LogP contribution in [0.4, 0.5) is 3.89 Å². The lowest BCUT2D eigenvalue weighted by atomic mass is 9.76. The van der Waals surface area contributed by atoms with Crippen molar-refractivity contribution in [1.82, 2.24) is 0 Å². The zero-order chi connectivity index (χ0) is 8.77. The second kappa shape index (κ2) is 2.55. The van der Waals surface area contributed by atoms with E-state index in [1.807, 2.05) is 12.2 Å². The van der Waals surface area contributed by atoms with Crippen LogP contribution in [0.2, 0.25) is 0 Å². The summed E-state index contributed by atoms with van der Waals surface area (Å²) in [4.78, 5) is 0. The maximum absolute atomic E-state index is 12.7. The molecule has 3 atom stereocenters. The van der Waals surface area contributed by atoms with Crippen LogP contribution in [0.5, 0.6) is 0 Å². The fourth-order valence-corrected chi connectivity index (χ4v) is 3.32. The van der Waals surface area contributed by atoms with Gasteiger partial charge in [0, 0.05) is 0 Å². The molecule has 0 aromatic carbocycles. The number of fused-ring (bicyclic) bond motifs is 2. The summed E-state index contributed by atoms with van der Waals surface area (Å²) in [5, 5.41) is -0.749. The van der Waals surface area contributed by atoms with Crippen LogP contribution in [0.15, 0.2) is 12.2 Å². The molecule has 0 spiro atoms. The van der Waals surface area contributed by atoms with Crippen molar-refractivity contribution in [2.45, 2.75) is 24.5 Å². The normalized spacial score (nSPS) is 40.2. The topological polar surface area (TPSA) is 34.1 Å². The number of allylic oxidation sites excluding steroid dienone is 2. The fourth-order valence-electron chi connectivity index (χ4n) is 2.20. The van der Waals surface area contributed by atoms with E-state index in [-0.39, 0.29) is 5.92 Å². The Hall–Kier alpha value is -0.380. The third-order valence-electron chi connectivity index (χ3n) is 2.88. The third-order valence-corrected chi connectivity index (χ3v) is 4.14. The maximum Gasteiger partial charge on any atom is 0.305 e. The molecule has 0 amide bonds. The van der Waals surface area contributed by atoms with Crippen molar-refractivity contribution < 1.29 is 12.3 Å². The van der Waals surface area contributed by atoms with E-state index in [1.165, 1.54) is 0 Å².